The van der Waals surface area contributed by atoms with Crippen molar-refractivity contribution in [2.75, 3.05) is 18.4 Å². The number of urea groups is 1. The Bertz CT molecular complexity index is 915. The Balaban J connectivity index is 1.38. The van der Waals surface area contributed by atoms with Crippen molar-refractivity contribution in [3.05, 3.63) is 36.4 Å². The van der Waals surface area contributed by atoms with Crippen molar-refractivity contribution in [1.82, 2.24) is 23.2 Å². The van der Waals surface area contributed by atoms with Crippen LogP contribution >= 0.6 is 11.7 Å². The third kappa shape index (κ3) is 3.15. The maximum Gasteiger partial charge on any atom is 0.321 e. The number of piperidine rings is 1. The summed E-state index contributed by atoms with van der Waals surface area (Å²) in [5, 5.41) is 13.5. The van der Waals surface area contributed by atoms with Gasteiger partial charge in [-0.05, 0) is 30.9 Å². The van der Waals surface area contributed by atoms with Crippen molar-refractivity contribution in [3.63, 3.8) is 0 Å². The number of hydrogen-bond donors (Lipinski definition) is 2. The summed E-state index contributed by atoms with van der Waals surface area (Å²) >= 11 is 1.13. The summed E-state index contributed by atoms with van der Waals surface area (Å²) in [6.07, 6.45) is 4.40. The van der Waals surface area contributed by atoms with Crippen LogP contribution in [0.2, 0.25) is 0 Å². The fourth-order valence-electron chi connectivity index (χ4n) is 3.39. The van der Waals surface area contributed by atoms with Gasteiger partial charge in [0.1, 0.15) is 23.0 Å². The smallest absolute Gasteiger partial charge is 0.321 e. The van der Waals surface area contributed by atoms with Gasteiger partial charge in [-0.1, -0.05) is 6.07 Å². The predicted octanol–water partition coefficient (Wildman–Crippen LogP) is 2.40. The Morgan fingerprint density at radius 3 is 2.88 bits per heavy atom. The lowest BCUT2D eigenvalue weighted by atomic mass is 9.91. The second-order valence-corrected chi connectivity index (χ2v) is 7.06. The average molecular weight is 372 g/mol. The van der Waals surface area contributed by atoms with Crippen molar-refractivity contribution in [1.29, 1.82) is 0 Å². The first-order valence-electron chi connectivity index (χ1n) is 8.56. The Labute approximate surface area is 154 Å². The highest BCUT2D eigenvalue weighted by atomic mass is 32.1. The minimum absolute atomic E-state index is 0.103. The molecule has 4 rings (SSSR count). The highest BCUT2D eigenvalue weighted by Gasteiger charge is 2.30. The molecule has 2 aromatic heterocycles. The van der Waals surface area contributed by atoms with Crippen molar-refractivity contribution in [2.45, 2.75) is 18.9 Å². The molecule has 0 saturated carbocycles. The van der Waals surface area contributed by atoms with E-state index in [2.05, 4.69) is 19.0 Å². The van der Waals surface area contributed by atoms with Crippen LogP contribution < -0.4 is 5.32 Å². The summed E-state index contributed by atoms with van der Waals surface area (Å²) in [6, 6.07) is 5.42. The minimum Gasteiger partial charge on any atom is -0.385 e. The lowest BCUT2D eigenvalue weighted by Gasteiger charge is -2.34. The van der Waals surface area contributed by atoms with Crippen LogP contribution in [0.3, 0.4) is 0 Å². The summed E-state index contributed by atoms with van der Waals surface area (Å²) in [5.74, 6) is 0.780. The zero-order chi connectivity index (χ0) is 18.1. The molecule has 9 heteroatoms. The number of hydrogen-bond acceptors (Lipinski definition) is 6. The summed E-state index contributed by atoms with van der Waals surface area (Å²) in [4.78, 5) is 18.6. The van der Waals surface area contributed by atoms with E-state index in [-0.39, 0.29) is 11.9 Å². The molecule has 0 radical (unpaired) electrons. The topological polar surface area (TPSA) is 96.2 Å². The molecule has 1 aliphatic heterocycles. The zero-order valence-corrected chi connectivity index (χ0v) is 15.2. The molecule has 0 bridgehead atoms. The molecule has 3 aromatic rings. The normalized spacial score (nSPS) is 16.8. The number of benzene rings is 1. The van der Waals surface area contributed by atoms with Gasteiger partial charge in [-0.15, -0.1) is 0 Å². The number of amides is 2. The molecule has 1 aromatic carbocycles. The summed E-state index contributed by atoms with van der Waals surface area (Å²) in [6.45, 7) is 1.20. The van der Waals surface area contributed by atoms with Gasteiger partial charge < -0.3 is 19.9 Å². The van der Waals surface area contributed by atoms with Gasteiger partial charge in [0.2, 0.25) is 0 Å². The van der Waals surface area contributed by atoms with Gasteiger partial charge in [-0.2, -0.15) is 8.75 Å². The number of aryl methyl sites for hydroxylation is 1. The highest BCUT2D eigenvalue weighted by Crippen LogP contribution is 2.30. The van der Waals surface area contributed by atoms with Gasteiger partial charge in [-0.3, -0.25) is 0 Å². The third-order valence-electron chi connectivity index (χ3n) is 4.92. The maximum atomic E-state index is 12.6. The lowest BCUT2D eigenvalue weighted by molar-refractivity contribution is 0.0600. The number of rotatable bonds is 3. The predicted molar refractivity (Wildman–Crippen MR) is 98.9 cm³/mol. The molecule has 8 nitrogen and oxygen atoms in total. The minimum atomic E-state index is -0.602. The van der Waals surface area contributed by atoms with Gasteiger partial charge in [0.25, 0.3) is 0 Å². The van der Waals surface area contributed by atoms with Crippen molar-refractivity contribution in [2.24, 2.45) is 13.0 Å². The molecule has 1 aliphatic rings. The SMILES string of the molecule is Cn1ccnc1[C@@H](O)C1CCN(C(=O)Nc2cccc3nsnc23)CC1. The van der Waals surface area contributed by atoms with Crippen LogP contribution in [0.1, 0.15) is 24.8 Å². The van der Waals surface area contributed by atoms with Crippen LogP contribution in [-0.2, 0) is 7.05 Å². The number of carbonyl (C=O) groups is 1. The largest absolute Gasteiger partial charge is 0.385 e. The van der Waals surface area contributed by atoms with Crippen LogP contribution in [-0.4, -0.2) is 47.4 Å². The number of carbonyl (C=O) groups excluding carboxylic acids is 1. The molecule has 136 valence electrons. The standard InChI is InChI=1S/C17H20N6O2S/c1-22-10-7-18-16(22)15(24)11-5-8-23(9-6-11)17(25)19-12-3-2-4-13-14(12)21-26-20-13/h2-4,7,10-11,15,24H,5-6,8-9H2,1H3,(H,19,25)/t15-/m0/s1. The number of fused-ring (bicyclic) bond motifs is 1. The molecule has 1 fully saturated rings. The first-order chi connectivity index (χ1) is 12.6. The van der Waals surface area contributed by atoms with Crippen LogP contribution in [0.5, 0.6) is 0 Å². The number of nitrogens with one attached hydrogen (secondary N) is 1. The quantitative estimate of drug-likeness (QED) is 0.736. The van der Waals surface area contributed by atoms with E-state index in [1.807, 2.05) is 36.0 Å². The molecule has 3 heterocycles. The van der Waals surface area contributed by atoms with Crippen molar-refractivity contribution >= 4 is 34.5 Å². The second-order valence-electron chi connectivity index (χ2n) is 6.53. The number of aromatic nitrogens is 4. The second kappa shape index (κ2) is 7.00. The first kappa shape index (κ1) is 16.9. The Kier molecular flexibility index (Phi) is 4.56. The number of anilines is 1. The molecule has 0 unspecified atom stereocenters. The van der Waals surface area contributed by atoms with Crippen LogP contribution in [0, 0.1) is 5.92 Å². The Morgan fingerprint density at radius 1 is 1.35 bits per heavy atom. The van der Waals surface area contributed by atoms with E-state index < -0.39 is 6.10 Å². The Morgan fingerprint density at radius 2 is 2.15 bits per heavy atom. The number of aliphatic hydroxyl groups is 1. The van der Waals surface area contributed by atoms with Gasteiger partial charge in [0.15, 0.2) is 0 Å². The monoisotopic (exact) mass is 372 g/mol. The van der Waals surface area contributed by atoms with Gasteiger partial charge >= 0.3 is 6.03 Å². The molecule has 1 saturated heterocycles. The Hall–Kier alpha value is -2.52. The van der Waals surface area contributed by atoms with E-state index in [1.54, 1.807) is 11.1 Å². The van der Waals surface area contributed by atoms with Crippen LogP contribution in [0.4, 0.5) is 10.5 Å². The van der Waals surface area contributed by atoms with E-state index in [4.69, 9.17) is 0 Å². The summed E-state index contributed by atoms with van der Waals surface area (Å²) in [5.41, 5.74) is 2.17. The van der Waals surface area contributed by atoms with E-state index in [0.29, 0.717) is 30.1 Å². The highest BCUT2D eigenvalue weighted by molar-refractivity contribution is 7.00. The van der Waals surface area contributed by atoms with Gasteiger partial charge in [-0.25, -0.2) is 9.78 Å². The summed E-state index contributed by atoms with van der Waals surface area (Å²) in [7, 11) is 1.88. The maximum absolute atomic E-state index is 12.6. The molecule has 0 aliphatic carbocycles. The van der Waals surface area contributed by atoms with Crippen molar-refractivity contribution in [3.8, 4) is 0 Å². The van der Waals surface area contributed by atoms with Crippen molar-refractivity contribution < 1.29 is 9.90 Å². The molecule has 2 amide bonds. The number of aliphatic hydroxyl groups excluding tert-OH is 1. The zero-order valence-electron chi connectivity index (χ0n) is 14.4. The van der Waals surface area contributed by atoms with Gasteiger partial charge in [0.05, 0.1) is 17.4 Å². The van der Waals surface area contributed by atoms with E-state index in [0.717, 1.165) is 30.1 Å². The number of nitrogens with zero attached hydrogens (tertiary/aromatic N) is 5. The van der Waals surface area contributed by atoms with Crippen LogP contribution in [0.15, 0.2) is 30.6 Å². The molecular formula is C17H20N6O2S. The van der Waals surface area contributed by atoms with E-state index in [9.17, 15) is 9.90 Å². The lowest BCUT2D eigenvalue weighted by Crippen LogP contribution is -2.42. The van der Waals surface area contributed by atoms with E-state index >= 15 is 0 Å². The molecule has 2 N–H and O–H groups in total. The van der Waals surface area contributed by atoms with Gasteiger partial charge in [0, 0.05) is 32.5 Å². The molecule has 0 spiro atoms. The molecular weight excluding hydrogens is 352 g/mol. The average Bonchev–Trinajstić information content (AvgIpc) is 3.30. The third-order valence-corrected chi connectivity index (χ3v) is 5.47. The first-order valence-corrected chi connectivity index (χ1v) is 9.29. The number of imidazole rings is 1. The van der Waals surface area contributed by atoms with E-state index in [1.165, 1.54) is 0 Å². The van der Waals surface area contributed by atoms with Crippen LogP contribution in [0.25, 0.3) is 11.0 Å². The molecule has 26 heavy (non-hydrogen) atoms. The fraction of sp³-hybridized carbons (Fsp3) is 0.412. The number of likely N-dealkylation sites (tertiary alicyclic amines) is 1. The summed E-state index contributed by atoms with van der Waals surface area (Å²) < 4.78 is 10.3. The fourth-order valence-corrected chi connectivity index (χ4v) is 3.94. The molecule has 1 atom stereocenters.